The first-order valence-electron chi connectivity index (χ1n) is 5.77. The Balaban J connectivity index is 2.10. The summed E-state index contributed by atoms with van der Waals surface area (Å²) in [7, 11) is 0. The second kappa shape index (κ2) is 4.28. The van der Waals surface area contributed by atoms with E-state index < -0.39 is 0 Å². The number of nitrogens with zero attached hydrogens (tertiary/aromatic N) is 1. The van der Waals surface area contributed by atoms with E-state index in [1.807, 2.05) is 12.1 Å². The molecule has 0 bridgehead atoms. The van der Waals surface area contributed by atoms with Crippen molar-refractivity contribution in [3.05, 3.63) is 52.3 Å². The molecule has 0 spiro atoms. The molecule has 92 valence electrons. The molecule has 2 N–H and O–H groups in total. The second-order valence-electron chi connectivity index (χ2n) is 4.36. The van der Waals surface area contributed by atoms with Crippen LogP contribution in [0, 0.1) is 5.82 Å². The number of benzene rings is 2. The molecule has 2 aromatic rings. The number of halogens is 2. The van der Waals surface area contributed by atoms with E-state index in [0.29, 0.717) is 10.2 Å². The standard InChI is InChI=1S/C14H12BrFN2/c15-10-7-14(12(17)8-11(10)16)18-6-5-9-3-1-2-4-13(9)18/h1-4,7-8H,5-6,17H2. The minimum Gasteiger partial charge on any atom is -0.397 e. The van der Waals surface area contributed by atoms with Crippen LogP contribution in [-0.4, -0.2) is 6.54 Å². The Morgan fingerprint density at radius 3 is 2.78 bits per heavy atom. The van der Waals surface area contributed by atoms with Gasteiger partial charge >= 0.3 is 0 Å². The van der Waals surface area contributed by atoms with Crippen molar-refractivity contribution >= 4 is 33.0 Å². The summed E-state index contributed by atoms with van der Waals surface area (Å²) < 4.78 is 13.8. The number of fused-ring (bicyclic) bond motifs is 1. The quantitative estimate of drug-likeness (QED) is 0.811. The van der Waals surface area contributed by atoms with Crippen molar-refractivity contribution in [2.45, 2.75) is 6.42 Å². The third-order valence-corrected chi connectivity index (χ3v) is 3.86. The fraction of sp³-hybridized carbons (Fsp3) is 0.143. The van der Waals surface area contributed by atoms with Crippen LogP contribution < -0.4 is 10.6 Å². The molecule has 1 aliphatic rings. The molecular formula is C14H12BrFN2. The van der Waals surface area contributed by atoms with E-state index in [4.69, 9.17) is 5.73 Å². The van der Waals surface area contributed by atoms with Gasteiger partial charge in [0.25, 0.3) is 0 Å². The number of hydrogen-bond acceptors (Lipinski definition) is 2. The molecule has 4 heteroatoms. The number of para-hydroxylation sites is 1. The SMILES string of the molecule is Nc1cc(F)c(Br)cc1N1CCc2ccccc21. The predicted octanol–water partition coefficient (Wildman–Crippen LogP) is 3.86. The summed E-state index contributed by atoms with van der Waals surface area (Å²) in [4.78, 5) is 2.13. The van der Waals surface area contributed by atoms with Crippen molar-refractivity contribution in [2.75, 3.05) is 17.2 Å². The Kier molecular flexibility index (Phi) is 2.74. The number of anilines is 3. The third-order valence-electron chi connectivity index (χ3n) is 3.25. The molecule has 0 fully saturated rings. The van der Waals surface area contributed by atoms with E-state index in [-0.39, 0.29) is 5.82 Å². The Morgan fingerprint density at radius 2 is 1.94 bits per heavy atom. The Bertz CT molecular complexity index is 613. The van der Waals surface area contributed by atoms with Gasteiger partial charge in [-0.3, -0.25) is 0 Å². The van der Waals surface area contributed by atoms with Gasteiger partial charge in [0, 0.05) is 18.3 Å². The molecular weight excluding hydrogens is 295 g/mol. The monoisotopic (exact) mass is 306 g/mol. The molecule has 0 amide bonds. The zero-order valence-electron chi connectivity index (χ0n) is 9.66. The van der Waals surface area contributed by atoms with Crippen LogP contribution in [0.1, 0.15) is 5.56 Å². The largest absolute Gasteiger partial charge is 0.397 e. The maximum Gasteiger partial charge on any atom is 0.139 e. The van der Waals surface area contributed by atoms with Gasteiger partial charge in [0.05, 0.1) is 15.8 Å². The fourth-order valence-electron chi connectivity index (χ4n) is 2.37. The highest BCUT2D eigenvalue weighted by Crippen LogP contribution is 2.39. The average Bonchev–Trinajstić information content (AvgIpc) is 2.78. The molecule has 0 saturated heterocycles. The van der Waals surface area contributed by atoms with E-state index in [1.54, 1.807) is 6.07 Å². The predicted molar refractivity (Wildman–Crippen MR) is 75.7 cm³/mol. The van der Waals surface area contributed by atoms with Crippen LogP contribution in [0.25, 0.3) is 0 Å². The van der Waals surface area contributed by atoms with Crippen LogP contribution in [0.2, 0.25) is 0 Å². The van der Waals surface area contributed by atoms with E-state index in [9.17, 15) is 4.39 Å². The fourth-order valence-corrected chi connectivity index (χ4v) is 2.71. The normalized spacial score (nSPS) is 13.8. The minimum atomic E-state index is -0.330. The van der Waals surface area contributed by atoms with Crippen molar-refractivity contribution in [1.29, 1.82) is 0 Å². The first-order valence-corrected chi connectivity index (χ1v) is 6.56. The minimum absolute atomic E-state index is 0.330. The van der Waals surface area contributed by atoms with Gasteiger partial charge in [0.1, 0.15) is 5.82 Å². The van der Waals surface area contributed by atoms with Crippen molar-refractivity contribution in [1.82, 2.24) is 0 Å². The summed E-state index contributed by atoms with van der Waals surface area (Å²) in [6.07, 6.45) is 0.991. The summed E-state index contributed by atoms with van der Waals surface area (Å²) in [6.45, 7) is 0.877. The zero-order chi connectivity index (χ0) is 12.7. The van der Waals surface area contributed by atoms with Gasteiger partial charge in [-0.05, 0) is 40.0 Å². The summed E-state index contributed by atoms with van der Waals surface area (Å²) in [5.74, 6) is -0.330. The number of nitrogen functional groups attached to an aromatic ring is 1. The van der Waals surface area contributed by atoms with Gasteiger partial charge in [-0.25, -0.2) is 4.39 Å². The zero-order valence-corrected chi connectivity index (χ0v) is 11.2. The van der Waals surface area contributed by atoms with Gasteiger partial charge in [-0.2, -0.15) is 0 Å². The van der Waals surface area contributed by atoms with E-state index in [1.165, 1.54) is 11.6 Å². The van der Waals surface area contributed by atoms with Crippen LogP contribution in [0.5, 0.6) is 0 Å². The van der Waals surface area contributed by atoms with Crippen LogP contribution in [0.15, 0.2) is 40.9 Å². The van der Waals surface area contributed by atoms with E-state index in [2.05, 4.69) is 33.0 Å². The van der Waals surface area contributed by atoms with E-state index in [0.717, 1.165) is 24.3 Å². The maximum atomic E-state index is 13.4. The topological polar surface area (TPSA) is 29.3 Å². The van der Waals surface area contributed by atoms with E-state index >= 15 is 0 Å². The molecule has 1 heterocycles. The maximum absolute atomic E-state index is 13.4. The lowest BCUT2D eigenvalue weighted by Crippen LogP contribution is -2.15. The molecule has 3 rings (SSSR count). The second-order valence-corrected chi connectivity index (χ2v) is 5.21. The van der Waals surface area contributed by atoms with Crippen molar-refractivity contribution in [2.24, 2.45) is 0 Å². The molecule has 0 radical (unpaired) electrons. The Labute approximate surface area is 113 Å². The first-order chi connectivity index (χ1) is 8.66. The lowest BCUT2D eigenvalue weighted by molar-refractivity contribution is 0.622. The molecule has 0 unspecified atom stereocenters. The highest BCUT2D eigenvalue weighted by Gasteiger charge is 2.22. The van der Waals surface area contributed by atoms with Crippen LogP contribution >= 0.6 is 15.9 Å². The first kappa shape index (κ1) is 11.5. The number of hydrogen-bond donors (Lipinski definition) is 1. The summed E-state index contributed by atoms with van der Waals surface area (Å²) in [6, 6.07) is 11.3. The van der Waals surface area contributed by atoms with Gasteiger partial charge in [-0.1, -0.05) is 18.2 Å². The molecule has 0 aliphatic carbocycles. The van der Waals surface area contributed by atoms with Crippen LogP contribution in [0.3, 0.4) is 0 Å². The van der Waals surface area contributed by atoms with Crippen molar-refractivity contribution in [3.63, 3.8) is 0 Å². The highest BCUT2D eigenvalue weighted by molar-refractivity contribution is 9.10. The van der Waals surface area contributed by atoms with Gasteiger partial charge in [0.15, 0.2) is 0 Å². The Hall–Kier alpha value is -1.55. The molecule has 2 aromatic carbocycles. The lowest BCUT2D eigenvalue weighted by Gasteiger charge is -2.21. The lowest BCUT2D eigenvalue weighted by atomic mass is 10.2. The molecule has 0 atom stereocenters. The van der Waals surface area contributed by atoms with Crippen molar-refractivity contribution < 1.29 is 4.39 Å². The summed E-state index contributed by atoms with van der Waals surface area (Å²) >= 11 is 3.21. The average molecular weight is 307 g/mol. The molecule has 2 nitrogen and oxygen atoms in total. The number of rotatable bonds is 1. The summed E-state index contributed by atoms with van der Waals surface area (Å²) in [5, 5.41) is 0. The number of nitrogens with two attached hydrogens (primary N) is 1. The molecule has 0 aromatic heterocycles. The molecule has 0 saturated carbocycles. The third kappa shape index (κ3) is 1.77. The van der Waals surface area contributed by atoms with Gasteiger partial charge in [-0.15, -0.1) is 0 Å². The smallest absolute Gasteiger partial charge is 0.139 e. The van der Waals surface area contributed by atoms with Gasteiger partial charge in [0.2, 0.25) is 0 Å². The van der Waals surface area contributed by atoms with Gasteiger partial charge < -0.3 is 10.6 Å². The van der Waals surface area contributed by atoms with Crippen LogP contribution in [-0.2, 0) is 6.42 Å². The molecule has 1 aliphatic heterocycles. The summed E-state index contributed by atoms with van der Waals surface area (Å²) in [5.41, 5.74) is 9.70. The Morgan fingerprint density at radius 1 is 1.17 bits per heavy atom. The van der Waals surface area contributed by atoms with Crippen LogP contribution in [0.4, 0.5) is 21.5 Å². The highest BCUT2D eigenvalue weighted by atomic mass is 79.9. The van der Waals surface area contributed by atoms with Crippen molar-refractivity contribution in [3.8, 4) is 0 Å². The molecule has 18 heavy (non-hydrogen) atoms.